The van der Waals surface area contributed by atoms with Crippen molar-refractivity contribution in [3.05, 3.63) is 23.5 Å². The van der Waals surface area contributed by atoms with E-state index >= 15 is 0 Å². The molecular weight excluding hydrogens is 186 g/mol. The van der Waals surface area contributed by atoms with Crippen molar-refractivity contribution in [2.45, 2.75) is 39.7 Å². The minimum absolute atomic E-state index is 0.615. The Morgan fingerprint density at radius 2 is 1.73 bits per heavy atom. The molecule has 2 heterocycles. The first-order valence-corrected chi connectivity index (χ1v) is 5.92. The van der Waals surface area contributed by atoms with Crippen LogP contribution in [0.3, 0.4) is 0 Å². The van der Waals surface area contributed by atoms with Gasteiger partial charge in [0.05, 0.1) is 0 Å². The van der Waals surface area contributed by atoms with Crippen molar-refractivity contribution in [1.29, 1.82) is 0 Å². The second-order valence-corrected chi connectivity index (χ2v) is 4.68. The monoisotopic (exact) mass is 207 g/mol. The predicted octanol–water partition coefficient (Wildman–Crippen LogP) is 3.09. The predicted molar refractivity (Wildman–Crippen MR) is 62.2 cm³/mol. The van der Waals surface area contributed by atoms with E-state index in [2.05, 4.69) is 37.5 Å². The fourth-order valence-electron chi connectivity index (χ4n) is 2.73. The van der Waals surface area contributed by atoms with Gasteiger partial charge in [-0.2, -0.15) is 0 Å². The minimum Gasteiger partial charge on any atom is -0.381 e. The van der Waals surface area contributed by atoms with Crippen molar-refractivity contribution in [2.75, 3.05) is 13.2 Å². The molecule has 15 heavy (non-hydrogen) atoms. The zero-order valence-corrected chi connectivity index (χ0v) is 9.99. The van der Waals surface area contributed by atoms with E-state index in [0.717, 1.165) is 19.1 Å². The van der Waals surface area contributed by atoms with E-state index in [9.17, 15) is 0 Å². The summed E-state index contributed by atoms with van der Waals surface area (Å²) in [6.07, 6.45) is 2.41. The third-order valence-corrected chi connectivity index (χ3v) is 3.68. The summed E-state index contributed by atoms with van der Waals surface area (Å²) in [7, 11) is 0. The average molecular weight is 207 g/mol. The van der Waals surface area contributed by atoms with Crippen molar-refractivity contribution in [3.8, 4) is 0 Å². The Morgan fingerprint density at radius 3 is 2.27 bits per heavy atom. The molecule has 1 fully saturated rings. The summed E-state index contributed by atoms with van der Waals surface area (Å²) in [5, 5.41) is 0. The van der Waals surface area contributed by atoms with Gasteiger partial charge in [-0.3, -0.25) is 0 Å². The van der Waals surface area contributed by atoms with E-state index in [-0.39, 0.29) is 0 Å². The molecule has 1 unspecified atom stereocenters. The lowest BCUT2D eigenvalue weighted by Gasteiger charge is -2.30. The summed E-state index contributed by atoms with van der Waals surface area (Å²) in [5.41, 5.74) is 2.76. The molecule has 84 valence electrons. The molecule has 2 rings (SSSR count). The Hall–Kier alpha value is -0.760. The minimum atomic E-state index is 0.615. The van der Waals surface area contributed by atoms with E-state index in [4.69, 9.17) is 4.74 Å². The Labute approximate surface area is 92.2 Å². The van der Waals surface area contributed by atoms with Crippen molar-refractivity contribution in [3.63, 3.8) is 0 Å². The van der Waals surface area contributed by atoms with Gasteiger partial charge < -0.3 is 9.30 Å². The quantitative estimate of drug-likeness (QED) is 0.727. The summed E-state index contributed by atoms with van der Waals surface area (Å²) in [4.78, 5) is 0. The molecule has 0 N–H and O–H groups in total. The maximum atomic E-state index is 5.42. The molecule has 1 aliphatic heterocycles. The van der Waals surface area contributed by atoms with Crippen LogP contribution in [0.15, 0.2) is 12.1 Å². The van der Waals surface area contributed by atoms with Crippen LogP contribution < -0.4 is 0 Å². The summed E-state index contributed by atoms with van der Waals surface area (Å²) < 4.78 is 7.89. The van der Waals surface area contributed by atoms with E-state index in [1.807, 2.05) is 0 Å². The number of hydrogen-bond acceptors (Lipinski definition) is 1. The van der Waals surface area contributed by atoms with Gasteiger partial charge in [0, 0.05) is 30.6 Å². The average Bonchev–Trinajstić information content (AvgIpc) is 2.59. The zero-order valence-electron chi connectivity index (χ0n) is 9.99. The third kappa shape index (κ3) is 2.10. The van der Waals surface area contributed by atoms with Gasteiger partial charge in [0.15, 0.2) is 0 Å². The fourth-order valence-corrected chi connectivity index (χ4v) is 2.73. The molecular formula is C13H21NO. The maximum absolute atomic E-state index is 5.42. The van der Waals surface area contributed by atoms with Gasteiger partial charge in [0.25, 0.3) is 0 Å². The molecule has 0 spiro atoms. The Bertz CT molecular complexity index is 304. The van der Waals surface area contributed by atoms with Gasteiger partial charge in [-0.15, -0.1) is 0 Å². The lowest BCUT2D eigenvalue weighted by atomic mass is 9.92. The third-order valence-electron chi connectivity index (χ3n) is 3.68. The molecule has 0 amide bonds. The van der Waals surface area contributed by atoms with Crippen LogP contribution in [0, 0.1) is 19.8 Å². The van der Waals surface area contributed by atoms with Crippen LogP contribution in [0.25, 0.3) is 0 Å². The first-order valence-electron chi connectivity index (χ1n) is 5.92. The van der Waals surface area contributed by atoms with E-state index in [0.29, 0.717) is 6.04 Å². The van der Waals surface area contributed by atoms with Crippen LogP contribution >= 0.6 is 0 Å². The smallest absolute Gasteiger partial charge is 0.0469 e. The summed E-state index contributed by atoms with van der Waals surface area (Å²) in [6.45, 7) is 8.62. The highest BCUT2D eigenvalue weighted by Crippen LogP contribution is 2.29. The van der Waals surface area contributed by atoms with Gasteiger partial charge in [0.1, 0.15) is 0 Å². The molecule has 0 aromatic carbocycles. The Balaban J connectivity index is 2.15. The van der Waals surface area contributed by atoms with Crippen molar-refractivity contribution in [1.82, 2.24) is 4.57 Å². The second-order valence-electron chi connectivity index (χ2n) is 4.68. The maximum Gasteiger partial charge on any atom is 0.0469 e. The molecule has 2 heteroatoms. The van der Waals surface area contributed by atoms with Crippen LogP contribution in [0.1, 0.15) is 37.2 Å². The largest absolute Gasteiger partial charge is 0.381 e. The molecule has 0 bridgehead atoms. The lowest BCUT2D eigenvalue weighted by Crippen LogP contribution is -2.25. The highest BCUT2D eigenvalue weighted by atomic mass is 16.5. The molecule has 1 saturated heterocycles. The number of hydrogen-bond donors (Lipinski definition) is 0. The first-order chi connectivity index (χ1) is 7.20. The van der Waals surface area contributed by atoms with Gasteiger partial charge in [-0.1, -0.05) is 0 Å². The topological polar surface area (TPSA) is 14.2 Å². The van der Waals surface area contributed by atoms with Gasteiger partial charge in [-0.05, 0) is 51.7 Å². The molecule has 1 aromatic heterocycles. The van der Waals surface area contributed by atoms with E-state index in [1.54, 1.807) is 0 Å². The van der Waals surface area contributed by atoms with Crippen LogP contribution in [-0.2, 0) is 4.74 Å². The number of nitrogens with zero attached hydrogens (tertiary/aromatic N) is 1. The summed E-state index contributed by atoms with van der Waals surface area (Å²) in [5.74, 6) is 0.781. The molecule has 1 atom stereocenters. The van der Waals surface area contributed by atoms with Gasteiger partial charge >= 0.3 is 0 Å². The number of ether oxygens (including phenoxy) is 1. The Kier molecular flexibility index (Phi) is 3.15. The SMILES string of the molecule is Cc1ccc(C)n1C(C)C1CCOCC1. The normalized spacial score (nSPS) is 20.5. The zero-order chi connectivity index (χ0) is 10.8. The van der Waals surface area contributed by atoms with Crippen molar-refractivity contribution < 1.29 is 4.74 Å². The number of aryl methyl sites for hydroxylation is 2. The van der Waals surface area contributed by atoms with Crippen molar-refractivity contribution in [2.24, 2.45) is 5.92 Å². The highest BCUT2D eigenvalue weighted by Gasteiger charge is 2.22. The highest BCUT2D eigenvalue weighted by molar-refractivity contribution is 5.15. The van der Waals surface area contributed by atoms with Crippen LogP contribution in [0.5, 0.6) is 0 Å². The molecule has 0 radical (unpaired) electrons. The molecule has 1 aromatic rings. The summed E-state index contributed by atoms with van der Waals surface area (Å²) in [6, 6.07) is 5.04. The first kappa shape index (κ1) is 10.7. The van der Waals surface area contributed by atoms with E-state index in [1.165, 1.54) is 24.2 Å². The second kappa shape index (κ2) is 4.40. The molecule has 2 nitrogen and oxygen atoms in total. The van der Waals surface area contributed by atoms with E-state index < -0.39 is 0 Å². The van der Waals surface area contributed by atoms with Gasteiger partial charge in [-0.25, -0.2) is 0 Å². The number of aromatic nitrogens is 1. The number of rotatable bonds is 2. The van der Waals surface area contributed by atoms with Gasteiger partial charge in [0.2, 0.25) is 0 Å². The fraction of sp³-hybridized carbons (Fsp3) is 0.692. The van der Waals surface area contributed by atoms with Crippen LogP contribution in [0.2, 0.25) is 0 Å². The van der Waals surface area contributed by atoms with Crippen LogP contribution in [0.4, 0.5) is 0 Å². The van der Waals surface area contributed by atoms with Crippen LogP contribution in [-0.4, -0.2) is 17.8 Å². The lowest BCUT2D eigenvalue weighted by molar-refractivity contribution is 0.0509. The standard InChI is InChI=1S/C13H21NO/c1-10-4-5-11(2)14(10)12(3)13-6-8-15-9-7-13/h4-5,12-13H,6-9H2,1-3H3. The Morgan fingerprint density at radius 1 is 1.20 bits per heavy atom. The molecule has 1 aliphatic rings. The molecule has 0 aliphatic carbocycles. The summed E-state index contributed by atoms with van der Waals surface area (Å²) >= 11 is 0. The molecule has 0 saturated carbocycles. The van der Waals surface area contributed by atoms with Crippen molar-refractivity contribution >= 4 is 0 Å².